The molecule has 7 heteroatoms. The van der Waals surface area contributed by atoms with E-state index < -0.39 is 0 Å². The second kappa shape index (κ2) is 3.78. The number of rotatable bonds is 1. The van der Waals surface area contributed by atoms with E-state index in [0.29, 0.717) is 5.82 Å². The van der Waals surface area contributed by atoms with Crippen molar-refractivity contribution in [2.24, 2.45) is 0 Å². The Balaban J connectivity index is 2.37. The molecule has 3 aromatic heterocycles. The molecule has 17 heavy (non-hydrogen) atoms. The number of hydrogen-bond acceptors (Lipinski definition) is 5. The summed E-state index contributed by atoms with van der Waals surface area (Å²) >= 11 is 5.08. The molecular weight excluding hydrogens is 302 g/mol. The predicted molar refractivity (Wildman–Crippen MR) is 70.9 cm³/mol. The molecule has 0 aliphatic rings. The van der Waals surface area contributed by atoms with Gasteiger partial charge in [0, 0.05) is 11.8 Å². The summed E-state index contributed by atoms with van der Waals surface area (Å²) in [5.41, 5.74) is 7.71. The maximum Gasteiger partial charge on any atom is 0.152 e. The number of aryl methyl sites for hydroxylation is 1. The second-order valence-electron chi connectivity index (χ2n) is 3.53. The van der Waals surface area contributed by atoms with Gasteiger partial charge in [-0.15, -0.1) is 11.3 Å². The average molecular weight is 310 g/mol. The number of fused-ring (bicyclic) bond motifs is 1. The van der Waals surface area contributed by atoms with E-state index in [0.717, 1.165) is 25.6 Å². The lowest BCUT2D eigenvalue weighted by Crippen LogP contribution is -1.99. The van der Waals surface area contributed by atoms with Crippen LogP contribution in [0.25, 0.3) is 16.0 Å². The van der Waals surface area contributed by atoms with Crippen molar-refractivity contribution < 1.29 is 0 Å². The Morgan fingerprint density at radius 3 is 2.94 bits per heavy atom. The van der Waals surface area contributed by atoms with E-state index in [4.69, 9.17) is 5.73 Å². The van der Waals surface area contributed by atoms with E-state index in [1.807, 2.05) is 19.2 Å². The van der Waals surface area contributed by atoms with E-state index in [1.54, 1.807) is 15.9 Å². The van der Waals surface area contributed by atoms with Gasteiger partial charge in [0.2, 0.25) is 0 Å². The van der Waals surface area contributed by atoms with Gasteiger partial charge in [-0.1, -0.05) is 0 Å². The van der Waals surface area contributed by atoms with E-state index in [9.17, 15) is 0 Å². The fourth-order valence-electron chi connectivity index (χ4n) is 1.70. The normalized spacial score (nSPS) is 11.2. The molecule has 0 spiro atoms. The van der Waals surface area contributed by atoms with Gasteiger partial charge in [0.15, 0.2) is 5.82 Å². The smallest absolute Gasteiger partial charge is 0.152 e. The summed E-state index contributed by atoms with van der Waals surface area (Å²) in [7, 11) is 0. The van der Waals surface area contributed by atoms with Crippen molar-refractivity contribution in [3.8, 4) is 10.4 Å². The molecule has 0 saturated heterocycles. The van der Waals surface area contributed by atoms with Gasteiger partial charge in [-0.2, -0.15) is 5.10 Å². The standard InChI is InChI=1S/C10H8BrN5S/c1-5-13-3-7(17-5)6-2-8(11)16-9(6)10(12)14-4-15-16/h2-4H,1H3,(H2,12,14,15). The van der Waals surface area contributed by atoms with Crippen molar-refractivity contribution in [2.75, 3.05) is 5.73 Å². The third-order valence-corrected chi connectivity index (χ3v) is 3.94. The minimum absolute atomic E-state index is 0.465. The highest BCUT2D eigenvalue weighted by atomic mass is 79.9. The molecule has 0 saturated carbocycles. The molecule has 0 fully saturated rings. The van der Waals surface area contributed by atoms with Crippen LogP contribution in [-0.2, 0) is 0 Å². The number of thiazole rings is 1. The number of nitrogens with zero attached hydrogens (tertiary/aromatic N) is 4. The van der Waals surface area contributed by atoms with E-state index in [2.05, 4.69) is 31.0 Å². The zero-order valence-corrected chi connectivity index (χ0v) is 11.3. The van der Waals surface area contributed by atoms with Crippen LogP contribution in [0, 0.1) is 6.92 Å². The van der Waals surface area contributed by atoms with Crippen molar-refractivity contribution in [2.45, 2.75) is 6.92 Å². The quantitative estimate of drug-likeness (QED) is 0.750. The molecule has 3 heterocycles. The molecule has 0 atom stereocenters. The summed E-state index contributed by atoms with van der Waals surface area (Å²) in [5, 5.41) is 5.18. The predicted octanol–water partition coefficient (Wildman–Crippen LogP) is 2.51. The van der Waals surface area contributed by atoms with Crippen molar-refractivity contribution >= 4 is 38.6 Å². The highest BCUT2D eigenvalue weighted by Crippen LogP contribution is 2.35. The van der Waals surface area contributed by atoms with Gasteiger partial charge in [0.1, 0.15) is 16.4 Å². The molecule has 86 valence electrons. The lowest BCUT2D eigenvalue weighted by Gasteiger charge is -1.99. The molecule has 0 amide bonds. The van der Waals surface area contributed by atoms with E-state index in [-0.39, 0.29) is 0 Å². The number of halogens is 1. The summed E-state index contributed by atoms with van der Waals surface area (Å²) in [5.74, 6) is 0.465. The Kier molecular flexibility index (Phi) is 2.37. The molecule has 3 aromatic rings. The average Bonchev–Trinajstić information content (AvgIpc) is 2.85. The van der Waals surface area contributed by atoms with Crippen LogP contribution in [0.5, 0.6) is 0 Å². The highest BCUT2D eigenvalue weighted by Gasteiger charge is 2.15. The van der Waals surface area contributed by atoms with Crippen LogP contribution in [0.3, 0.4) is 0 Å². The summed E-state index contributed by atoms with van der Waals surface area (Å²) < 4.78 is 2.58. The lowest BCUT2D eigenvalue weighted by molar-refractivity contribution is 0.889. The Hall–Kier alpha value is -1.47. The number of nitrogens with two attached hydrogens (primary N) is 1. The van der Waals surface area contributed by atoms with Crippen LogP contribution in [0.1, 0.15) is 5.01 Å². The molecule has 0 aliphatic heterocycles. The Labute approximate surface area is 109 Å². The first-order valence-electron chi connectivity index (χ1n) is 4.87. The van der Waals surface area contributed by atoms with Crippen LogP contribution in [0.2, 0.25) is 0 Å². The monoisotopic (exact) mass is 309 g/mol. The summed E-state index contributed by atoms with van der Waals surface area (Å²) in [6.45, 7) is 1.97. The van der Waals surface area contributed by atoms with Crippen LogP contribution >= 0.6 is 27.3 Å². The Morgan fingerprint density at radius 2 is 2.24 bits per heavy atom. The molecule has 0 radical (unpaired) electrons. The minimum Gasteiger partial charge on any atom is -0.382 e. The zero-order chi connectivity index (χ0) is 12.0. The third-order valence-electron chi connectivity index (χ3n) is 2.43. The van der Waals surface area contributed by atoms with Gasteiger partial charge in [0.25, 0.3) is 0 Å². The van der Waals surface area contributed by atoms with E-state index >= 15 is 0 Å². The first-order valence-corrected chi connectivity index (χ1v) is 6.48. The molecular formula is C10H8BrN5S. The van der Waals surface area contributed by atoms with Crippen molar-refractivity contribution in [1.29, 1.82) is 0 Å². The van der Waals surface area contributed by atoms with Gasteiger partial charge in [0.05, 0.1) is 9.88 Å². The molecule has 0 aliphatic carbocycles. The number of aromatic nitrogens is 4. The Bertz CT molecular complexity index is 702. The van der Waals surface area contributed by atoms with E-state index in [1.165, 1.54) is 6.33 Å². The molecule has 2 N–H and O–H groups in total. The summed E-state index contributed by atoms with van der Waals surface area (Å²) in [6.07, 6.45) is 3.28. The van der Waals surface area contributed by atoms with Crippen molar-refractivity contribution in [3.63, 3.8) is 0 Å². The van der Waals surface area contributed by atoms with Gasteiger partial charge in [-0.3, -0.25) is 0 Å². The van der Waals surface area contributed by atoms with Crippen LogP contribution < -0.4 is 5.73 Å². The van der Waals surface area contributed by atoms with Crippen molar-refractivity contribution in [1.82, 2.24) is 19.6 Å². The lowest BCUT2D eigenvalue weighted by atomic mass is 10.2. The van der Waals surface area contributed by atoms with Crippen molar-refractivity contribution in [3.05, 3.63) is 28.2 Å². The maximum absolute atomic E-state index is 5.91. The van der Waals surface area contributed by atoms with Gasteiger partial charge in [-0.05, 0) is 28.9 Å². The molecule has 0 unspecified atom stereocenters. The molecule has 5 nitrogen and oxygen atoms in total. The zero-order valence-electron chi connectivity index (χ0n) is 8.88. The Morgan fingerprint density at radius 1 is 1.41 bits per heavy atom. The first kappa shape index (κ1) is 10.7. The van der Waals surface area contributed by atoms with Crippen LogP contribution in [-0.4, -0.2) is 19.6 Å². The van der Waals surface area contributed by atoms with Crippen LogP contribution in [0.15, 0.2) is 23.2 Å². The van der Waals surface area contributed by atoms with Gasteiger partial charge < -0.3 is 5.73 Å². The number of anilines is 1. The topological polar surface area (TPSA) is 69.1 Å². The number of hydrogen-bond donors (Lipinski definition) is 1. The largest absolute Gasteiger partial charge is 0.382 e. The minimum atomic E-state index is 0.465. The highest BCUT2D eigenvalue weighted by molar-refractivity contribution is 9.10. The SMILES string of the molecule is Cc1ncc(-c2cc(Br)n3ncnc(N)c23)s1. The fraction of sp³-hybridized carbons (Fsp3) is 0.100. The van der Waals surface area contributed by atoms with Gasteiger partial charge >= 0.3 is 0 Å². The first-order chi connectivity index (χ1) is 8.16. The maximum atomic E-state index is 5.91. The third kappa shape index (κ3) is 1.62. The molecule has 3 rings (SSSR count). The summed E-state index contributed by atoms with van der Waals surface area (Å²) in [6, 6.07) is 1.98. The molecule has 0 bridgehead atoms. The van der Waals surface area contributed by atoms with Gasteiger partial charge in [-0.25, -0.2) is 14.5 Å². The van der Waals surface area contributed by atoms with Crippen LogP contribution in [0.4, 0.5) is 5.82 Å². The molecule has 0 aromatic carbocycles. The summed E-state index contributed by atoms with van der Waals surface area (Å²) in [4.78, 5) is 9.34. The second-order valence-corrected chi connectivity index (χ2v) is 5.58. The number of nitrogen functional groups attached to an aromatic ring is 1. The fourth-order valence-corrected chi connectivity index (χ4v) is 3.00.